The minimum absolute atomic E-state index is 0.00492. The zero-order valence-corrected chi connectivity index (χ0v) is 30.2. The highest BCUT2D eigenvalue weighted by Crippen LogP contribution is 2.37. The first-order valence-corrected chi connectivity index (χ1v) is 17.1. The van der Waals surface area contributed by atoms with Crippen LogP contribution in [0.1, 0.15) is 79.0 Å². The molecule has 0 unspecified atom stereocenters. The van der Waals surface area contributed by atoms with Crippen molar-refractivity contribution < 1.29 is 9.30 Å². The van der Waals surface area contributed by atoms with Crippen LogP contribution in [0, 0.1) is 6.33 Å². The first-order chi connectivity index (χ1) is 23.2. The number of para-hydroxylation sites is 2. The van der Waals surface area contributed by atoms with E-state index in [1.54, 1.807) is 0 Å². The Bertz CT molecular complexity index is 2320. The molecule has 248 valence electrons. The topological polar surface area (TPSA) is 35.9 Å². The van der Waals surface area contributed by atoms with E-state index in [4.69, 9.17) is 9.72 Å². The second-order valence-corrected chi connectivity index (χ2v) is 16.2. The van der Waals surface area contributed by atoms with Crippen LogP contribution in [0.15, 0.2) is 116 Å². The fourth-order valence-corrected chi connectivity index (χ4v) is 6.53. The van der Waals surface area contributed by atoms with Gasteiger partial charge in [0.05, 0.1) is 22.4 Å². The van der Waals surface area contributed by atoms with Crippen LogP contribution in [0.5, 0.6) is 11.5 Å². The first kappa shape index (κ1) is 32.4. The maximum absolute atomic E-state index is 6.74. The normalized spacial score (nSPS) is 12.6. The summed E-state index contributed by atoms with van der Waals surface area (Å²) in [6, 6.07) is 34.3. The number of aromatic nitrogens is 4. The minimum atomic E-state index is -0.0871. The van der Waals surface area contributed by atoms with Crippen molar-refractivity contribution in [1.82, 2.24) is 14.1 Å². The van der Waals surface area contributed by atoms with Gasteiger partial charge in [-0.2, -0.15) is 0 Å². The SMILES string of the molecule is CC(C)(C)c1cc(Oc2ccc3c4ccccc4n(-c4cc(C(C)(C)C)ccn4)c3c2)cc(-n2[c-][n+](-c3ccccc3C(C)(C)C)cc2)c1. The Hall–Kier alpha value is -5.16. The van der Waals surface area contributed by atoms with E-state index in [1.165, 1.54) is 22.1 Å². The monoisotopic (exact) mass is 646 g/mol. The molecule has 3 heterocycles. The van der Waals surface area contributed by atoms with Gasteiger partial charge in [0, 0.05) is 35.4 Å². The molecule has 0 amide bonds. The largest absolute Gasteiger partial charge is 0.458 e. The van der Waals surface area contributed by atoms with Gasteiger partial charge in [-0.05, 0) is 87.5 Å². The lowest BCUT2D eigenvalue weighted by molar-refractivity contribution is -0.600. The van der Waals surface area contributed by atoms with Crippen molar-refractivity contribution in [2.75, 3.05) is 0 Å². The first-order valence-electron chi connectivity index (χ1n) is 17.1. The van der Waals surface area contributed by atoms with E-state index in [2.05, 4.69) is 192 Å². The zero-order chi connectivity index (χ0) is 34.7. The minimum Gasteiger partial charge on any atom is -0.458 e. The molecule has 0 aliphatic heterocycles. The molecule has 0 bridgehead atoms. The molecule has 5 heteroatoms. The van der Waals surface area contributed by atoms with Crippen LogP contribution in [0.3, 0.4) is 0 Å². The Labute approximate surface area is 290 Å². The highest BCUT2D eigenvalue weighted by Gasteiger charge is 2.21. The molecule has 3 aromatic heterocycles. The van der Waals surface area contributed by atoms with Crippen molar-refractivity contribution in [3.8, 4) is 28.7 Å². The van der Waals surface area contributed by atoms with Gasteiger partial charge < -0.3 is 4.74 Å². The summed E-state index contributed by atoms with van der Waals surface area (Å²) in [5, 5.41) is 2.35. The molecular formula is C44H46N4O. The molecule has 7 aromatic rings. The summed E-state index contributed by atoms with van der Waals surface area (Å²) in [5.41, 5.74) is 7.92. The number of ether oxygens (including phenoxy) is 1. The number of rotatable bonds is 5. The molecule has 0 radical (unpaired) electrons. The Kier molecular flexibility index (Phi) is 7.78. The fourth-order valence-electron chi connectivity index (χ4n) is 6.53. The summed E-state index contributed by atoms with van der Waals surface area (Å²) in [6.45, 7) is 20.1. The smallest absolute Gasteiger partial charge is 0.268 e. The quantitative estimate of drug-likeness (QED) is 0.138. The Balaban J connectivity index is 1.32. The van der Waals surface area contributed by atoms with Crippen molar-refractivity contribution in [2.45, 2.75) is 78.6 Å². The molecule has 0 N–H and O–H groups in total. The molecule has 49 heavy (non-hydrogen) atoms. The third-order valence-corrected chi connectivity index (χ3v) is 9.31. The van der Waals surface area contributed by atoms with Gasteiger partial charge >= 0.3 is 0 Å². The summed E-state index contributed by atoms with van der Waals surface area (Å²) in [4.78, 5) is 4.85. The van der Waals surface area contributed by atoms with E-state index in [0.717, 1.165) is 45.1 Å². The van der Waals surface area contributed by atoms with Crippen molar-refractivity contribution in [2.24, 2.45) is 0 Å². The van der Waals surface area contributed by atoms with E-state index >= 15 is 0 Å². The van der Waals surface area contributed by atoms with Gasteiger partial charge in [-0.1, -0.05) is 98.7 Å². The lowest BCUT2D eigenvalue weighted by Gasteiger charge is -2.23. The highest BCUT2D eigenvalue weighted by atomic mass is 16.5. The molecule has 5 nitrogen and oxygen atoms in total. The fraction of sp³-hybridized carbons (Fsp3) is 0.273. The number of pyridine rings is 1. The van der Waals surface area contributed by atoms with Crippen molar-refractivity contribution in [3.05, 3.63) is 139 Å². The Morgan fingerprint density at radius 2 is 1.35 bits per heavy atom. The van der Waals surface area contributed by atoms with E-state index < -0.39 is 0 Å². The van der Waals surface area contributed by atoms with Crippen LogP contribution >= 0.6 is 0 Å². The number of benzene rings is 4. The van der Waals surface area contributed by atoms with E-state index in [1.807, 2.05) is 6.20 Å². The summed E-state index contributed by atoms with van der Waals surface area (Å²) < 4.78 is 13.1. The molecular weight excluding hydrogens is 601 g/mol. The number of fused-ring (bicyclic) bond motifs is 3. The van der Waals surface area contributed by atoms with Crippen molar-refractivity contribution >= 4 is 21.8 Å². The van der Waals surface area contributed by atoms with Gasteiger partial charge in [-0.3, -0.25) is 13.7 Å². The van der Waals surface area contributed by atoms with E-state index in [0.29, 0.717) is 0 Å². The third kappa shape index (κ3) is 6.26. The van der Waals surface area contributed by atoms with Crippen LogP contribution in [0.25, 0.3) is 39.0 Å². The lowest BCUT2D eigenvalue weighted by Crippen LogP contribution is -2.32. The van der Waals surface area contributed by atoms with Gasteiger partial charge in [-0.25, -0.2) is 4.98 Å². The lowest BCUT2D eigenvalue weighted by atomic mass is 9.86. The second kappa shape index (κ2) is 11.8. The summed E-state index contributed by atoms with van der Waals surface area (Å²) in [5.74, 6) is 2.45. The Morgan fingerprint density at radius 1 is 0.633 bits per heavy atom. The molecule has 0 saturated heterocycles. The van der Waals surface area contributed by atoms with Gasteiger partial charge in [0.25, 0.3) is 6.33 Å². The standard InChI is InChI=1S/C44H46N4O/c1-42(2,3)30-20-21-45-41(26-30)48-38-16-12-10-14-35(38)36-19-18-33(28-40(36)48)49-34-25-31(43(4,5)6)24-32(27-34)46-22-23-47(29-46)39-17-13-11-15-37(39)44(7,8)9/h10-28H,1-9H3. The number of imidazole rings is 1. The van der Waals surface area contributed by atoms with Gasteiger partial charge in [0.15, 0.2) is 0 Å². The van der Waals surface area contributed by atoms with Gasteiger partial charge in [0.1, 0.15) is 17.3 Å². The van der Waals surface area contributed by atoms with Crippen LogP contribution in [0.4, 0.5) is 0 Å². The number of hydrogen-bond acceptors (Lipinski definition) is 2. The molecule has 0 fully saturated rings. The molecule has 4 aromatic carbocycles. The molecule has 0 atom stereocenters. The van der Waals surface area contributed by atoms with Gasteiger partial charge in [0.2, 0.25) is 0 Å². The van der Waals surface area contributed by atoms with Gasteiger partial charge in [-0.15, -0.1) is 0 Å². The van der Waals surface area contributed by atoms with E-state index in [9.17, 15) is 0 Å². The molecule has 0 aliphatic rings. The van der Waals surface area contributed by atoms with Crippen LogP contribution in [-0.2, 0) is 16.2 Å². The Morgan fingerprint density at radius 3 is 2.10 bits per heavy atom. The maximum atomic E-state index is 6.74. The van der Waals surface area contributed by atoms with Crippen LogP contribution in [-0.4, -0.2) is 14.1 Å². The zero-order valence-electron chi connectivity index (χ0n) is 30.2. The average Bonchev–Trinajstić information content (AvgIpc) is 3.67. The van der Waals surface area contributed by atoms with Crippen LogP contribution in [0.2, 0.25) is 0 Å². The predicted octanol–water partition coefficient (Wildman–Crippen LogP) is 10.7. The number of nitrogens with zero attached hydrogens (tertiary/aromatic N) is 4. The molecule has 0 spiro atoms. The molecule has 0 aliphatic carbocycles. The maximum Gasteiger partial charge on any atom is 0.268 e. The summed E-state index contributed by atoms with van der Waals surface area (Å²) in [7, 11) is 0. The van der Waals surface area contributed by atoms with Crippen molar-refractivity contribution in [1.29, 1.82) is 0 Å². The third-order valence-electron chi connectivity index (χ3n) is 9.31. The van der Waals surface area contributed by atoms with Crippen LogP contribution < -0.4 is 9.30 Å². The molecule has 7 rings (SSSR count). The highest BCUT2D eigenvalue weighted by molar-refractivity contribution is 6.09. The summed E-state index contributed by atoms with van der Waals surface area (Å²) >= 11 is 0. The predicted molar refractivity (Wildman–Crippen MR) is 201 cm³/mol. The average molecular weight is 647 g/mol. The van der Waals surface area contributed by atoms with Crippen molar-refractivity contribution in [3.63, 3.8) is 0 Å². The van der Waals surface area contributed by atoms with E-state index in [-0.39, 0.29) is 16.2 Å². The summed E-state index contributed by atoms with van der Waals surface area (Å²) in [6.07, 6.45) is 9.63. The second-order valence-electron chi connectivity index (χ2n) is 16.2. The molecule has 0 saturated carbocycles. The number of hydrogen-bond donors (Lipinski definition) is 0.